The average Bonchev–Trinajstić information content (AvgIpc) is 3.29. The van der Waals surface area contributed by atoms with Crippen molar-refractivity contribution in [1.29, 1.82) is 0 Å². The van der Waals surface area contributed by atoms with Gasteiger partial charge in [0.25, 0.3) is 0 Å². The summed E-state index contributed by atoms with van der Waals surface area (Å²) < 4.78 is 40.0. The van der Waals surface area contributed by atoms with Crippen LogP contribution in [0.15, 0.2) is 66.7 Å². The summed E-state index contributed by atoms with van der Waals surface area (Å²) in [6.45, 7) is 4.21. The van der Waals surface area contributed by atoms with Crippen LogP contribution in [0.25, 0.3) is 0 Å². The second kappa shape index (κ2) is 12.6. The van der Waals surface area contributed by atoms with E-state index in [1.165, 1.54) is 6.07 Å². The van der Waals surface area contributed by atoms with Crippen molar-refractivity contribution in [2.75, 3.05) is 0 Å². The summed E-state index contributed by atoms with van der Waals surface area (Å²) in [5.74, 6) is -2.97. The van der Waals surface area contributed by atoms with Gasteiger partial charge < -0.3 is 14.6 Å². The number of aromatic carboxylic acids is 1. The third-order valence-corrected chi connectivity index (χ3v) is 6.56. The molecule has 1 saturated carbocycles. The molecule has 3 aromatic rings. The Hall–Kier alpha value is -3.85. The maximum Gasteiger partial charge on any atom is 0.356 e. The summed E-state index contributed by atoms with van der Waals surface area (Å²) in [6.07, 6.45) is 3.92. The van der Waals surface area contributed by atoms with Crippen LogP contribution in [0.1, 0.15) is 53.7 Å². The van der Waals surface area contributed by atoms with E-state index in [0.29, 0.717) is 6.61 Å². The third-order valence-electron chi connectivity index (χ3n) is 6.56. The summed E-state index contributed by atoms with van der Waals surface area (Å²) in [4.78, 5) is 24.4. The Morgan fingerprint density at radius 2 is 1.71 bits per heavy atom. The lowest BCUT2D eigenvalue weighted by molar-refractivity contribution is -0.119. The monoisotopic (exact) mass is 524 g/mol. The summed E-state index contributed by atoms with van der Waals surface area (Å²) in [7, 11) is 0. The van der Waals surface area contributed by atoms with E-state index >= 15 is 0 Å². The number of halogens is 2. The molecule has 1 N–H and O–H groups in total. The average molecular weight is 525 g/mol. The second-order valence-corrected chi connectivity index (χ2v) is 9.50. The molecule has 9 heteroatoms. The van der Waals surface area contributed by atoms with Gasteiger partial charge in [0.15, 0.2) is 11.5 Å². The highest BCUT2D eigenvalue weighted by atomic mass is 19.1. The standard InChI is InChI=1S/C29H30F2N2O5/c1-19(25-9-5-6-10-27(25)37-17-20-7-3-2-4-8-20)11-24(34)16-33-28(15-26(32-33)29(35)36)38-18-21-12-22(30)14-23(31)13-21/h2-4,7-8,12-15,25,27H,1,5-6,9-11,16-18H2,(H,35,36)/t25-,27+/m1/s1. The fraction of sp³-hybridized carbons (Fsp3) is 0.345. The lowest BCUT2D eigenvalue weighted by Gasteiger charge is -2.33. The second-order valence-electron chi connectivity index (χ2n) is 9.50. The Morgan fingerprint density at radius 3 is 2.42 bits per heavy atom. The lowest BCUT2D eigenvalue weighted by Crippen LogP contribution is -2.30. The number of aromatic nitrogens is 2. The predicted molar refractivity (Wildman–Crippen MR) is 136 cm³/mol. The number of Topliss-reactive ketones (excluding diaryl/α,β-unsaturated/α-hetero) is 1. The molecule has 0 saturated heterocycles. The van der Waals surface area contributed by atoms with Gasteiger partial charge in [0, 0.05) is 24.5 Å². The van der Waals surface area contributed by atoms with Crippen molar-refractivity contribution in [2.24, 2.45) is 5.92 Å². The fourth-order valence-corrected chi connectivity index (χ4v) is 4.73. The van der Waals surface area contributed by atoms with Crippen LogP contribution in [0.5, 0.6) is 5.88 Å². The largest absolute Gasteiger partial charge is 0.476 e. The van der Waals surface area contributed by atoms with Gasteiger partial charge in [-0.3, -0.25) is 4.79 Å². The molecule has 1 aliphatic rings. The van der Waals surface area contributed by atoms with Crippen LogP contribution in [0.4, 0.5) is 8.78 Å². The van der Waals surface area contributed by atoms with Crippen molar-refractivity contribution in [2.45, 2.75) is 58.0 Å². The minimum absolute atomic E-state index is 0.00719. The molecule has 0 amide bonds. The maximum atomic E-state index is 13.5. The number of ketones is 1. The van der Waals surface area contributed by atoms with Crippen LogP contribution < -0.4 is 4.74 Å². The Morgan fingerprint density at radius 1 is 1.00 bits per heavy atom. The van der Waals surface area contributed by atoms with E-state index in [1.807, 2.05) is 30.3 Å². The molecule has 0 spiro atoms. The van der Waals surface area contributed by atoms with Gasteiger partial charge in [-0.1, -0.05) is 55.3 Å². The molecule has 4 rings (SSSR count). The number of hydrogen-bond donors (Lipinski definition) is 1. The van der Waals surface area contributed by atoms with E-state index in [-0.39, 0.29) is 54.5 Å². The van der Waals surface area contributed by atoms with Crippen molar-refractivity contribution in [1.82, 2.24) is 9.78 Å². The van der Waals surface area contributed by atoms with E-state index in [0.717, 1.165) is 59.7 Å². The first-order valence-electron chi connectivity index (χ1n) is 12.5. The number of hydrogen-bond acceptors (Lipinski definition) is 5. The smallest absolute Gasteiger partial charge is 0.356 e. The first-order valence-corrected chi connectivity index (χ1v) is 12.5. The van der Waals surface area contributed by atoms with E-state index in [1.54, 1.807) is 0 Å². The first kappa shape index (κ1) is 27.2. The van der Waals surface area contributed by atoms with E-state index in [9.17, 15) is 23.5 Å². The number of carboxylic acid groups (broad SMARTS) is 1. The molecule has 0 bridgehead atoms. The Kier molecular flexibility index (Phi) is 9.02. The molecule has 38 heavy (non-hydrogen) atoms. The molecule has 1 fully saturated rings. The molecule has 2 atom stereocenters. The van der Waals surface area contributed by atoms with Gasteiger partial charge in [-0.2, -0.15) is 5.10 Å². The third kappa shape index (κ3) is 7.35. The Bertz CT molecular complexity index is 1270. The molecular weight excluding hydrogens is 494 g/mol. The summed E-state index contributed by atoms with van der Waals surface area (Å²) >= 11 is 0. The van der Waals surface area contributed by atoms with Crippen LogP contribution >= 0.6 is 0 Å². The van der Waals surface area contributed by atoms with Gasteiger partial charge in [0.05, 0.1) is 12.7 Å². The molecular formula is C29H30F2N2O5. The molecule has 0 radical (unpaired) electrons. The zero-order valence-electron chi connectivity index (χ0n) is 20.9. The number of carbonyl (C=O) groups excluding carboxylic acids is 1. The van der Waals surface area contributed by atoms with Crippen LogP contribution in [-0.4, -0.2) is 32.7 Å². The zero-order chi connectivity index (χ0) is 27.1. The fourth-order valence-electron chi connectivity index (χ4n) is 4.73. The summed E-state index contributed by atoms with van der Waals surface area (Å²) in [5.41, 5.74) is 1.76. The van der Waals surface area contributed by atoms with E-state index in [2.05, 4.69) is 11.7 Å². The molecule has 0 aliphatic heterocycles. The summed E-state index contributed by atoms with van der Waals surface area (Å²) in [6, 6.07) is 14.0. The lowest BCUT2D eigenvalue weighted by atomic mass is 9.80. The molecule has 1 aliphatic carbocycles. The van der Waals surface area contributed by atoms with Gasteiger partial charge in [-0.25, -0.2) is 18.3 Å². The Labute approximate surface area is 219 Å². The van der Waals surface area contributed by atoms with Crippen molar-refractivity contribution in [3.8, 4) is 5.88 Å². The van der Waals surface area contributed by atoms with E-state index < -0.39 is 17.6 Å². The number of carbonyl (C=O) groups is 2. The molecule has 0 unspecified atom stereocenters. The number of rotatable bonds is 12. The summed E-state index contributed by atoms with van der Waals surface area (Å²) in [5, 5.41) is 13.3. The highest BCUT2D eigenvalue weighted by Crippen LogP contribution is 2.34. The van der Waals surface area contributed by atoms with Crippen molar-refractivity contribution < 1.29 is 33.0 Å². The molecule has 7 nitrogen and oxygen atoms in total. The van der Waals surface area contributed by atoms with Gasteiger partial charge in [-0.05, 0) is 36.1 Å². The Balaban J connectivity index is 1.39. The van der Waals surface area contributed by atoms with Crippen LogP contribution in [-0.2, 0) is 29.3 Å². The molecule has 1 heterocycles. The topological polar surface area (TPSA) is 90.7 Å². The minimum Gasteiger partial charge on any atom is -0.476 e. The van der Waals surface area contributed by atoms with E-state index in [4.69, 9.17) is 9.47 Å². The number of nitrogens with zero attached hydrogens (tertiary/aromatic N) is 2. The van der Waals surface area contributed by atoms with Crippen LogP contribution in [0.2, 0.25) is 0 Å². The normalized spacial score (nSPS) is 17.2. The van der Waals surface area contributed by atoms with Gasteiger partial charge in [-0.15, -0.1) is 0 Å². The van der Waals surface area contributed by atoms with Crippen molar-refractivity contribution >= 4 is 11.8 Å². The molecule has 1 aromatic heterocycles. The highest BCUT2D eigenvalue weighted by Gasteiger charge is 2.29. The van der Waals surface area contributed by atoms with Gasteiger partial charge in [0.2, 0.25) is 5.88 Å². The molecule has 200 valence electrons. The van der Waals surface area contributed by atoms with Gasteiger partial charge in [0.1, 0.15) is 24.8 Å². The SMILES string of the molecule is C=C(CC(=O)Cn1nc(C(=O)O)cc1OCc1cc(F)cc(F)c1)[C@H]1CCCC[C@@H]1OCc1ccccc1. The van der Waals surface area contributed by atoms with Crippen LogP contribution in [0, 0.1) is 17.6 Å². The van der Waals surface area contributed by atoms with Crippen LogP contribution in [0.3, 0.4) is 0 Å². The maximum absolute atomic E-state index is 13.5. The first-order chi connectivity index (χ1) is 18.3. The number of carboxylic acids is 1. The predicted octanol–water partition coefficient (Wildman–Crippen LogP) is 5.73. The number of benzene rings is 2. The van der Waals surface area contributed by atoms with Crippen molar-refractivity contribution in [3.63, 3.8) is 0 Å². The molecule has 2 aromatic carbocycles. The van der Waals surface area contributed by atoms with Crippen molar-refractivity contribution in [3.05, 3.63) is 95.2 Å². The highest BCUT2D eigenvalue weighted by molar-refractivity contribution is 5.86. The minimum atomic E-state index is -1.29. The van der Waals surface area contributed by atoms with Gasteiger partial charge >= 0.3 is 5.97 Å². The number of ether oxygens (including phenoxy) is 2. The zero-order valence-corrected chi connectivity index (χ0v) is 20.9. The quantitative estimate of drug-likeness (QED) is 0.305.